The van der Waals surface area contributed by atoms with Gasteiger partial charge in [0.15, 0.2) is 5.82 Å². The standard InChI is InChI=1S/C13H19N3O2/c1-5-9(3)14-10-7-8-12(18-4)16-13(10)15-11(17)6-2/h6-9,14H,2,5H2,1,3-4H3,(H,15,16,17). The molecule has 1 amide bonds. The summed E-state index contributed by atoms with van der Waals surface area (Å²) in [5, 5.41) is 5.93. The summed E-state index contributed by atoms with van der Waals surface area (Å²) in [7, 11) is 1.53. The number of hydrogen-bond donors (Lipinski definition) is 2. The van der Waals surface area contributed by atoms with Gasteiger partial charge < -0.3 is 15.4 Å². The number of nitrogens with one attached hydrogen (secondary N) is 2. The molecule has 0 bridgehead atoms. The molecule has 0 saturated heterocycles. The number of carbonyl (C=O) groups is 1. The summed E-state index contributed by atoms with van der Waals surface area (Å²) in [6, 6.07) is 3.87. The Labute approximate surface area is 107 Å². The maximum Gasteiger partial charge on any atom is 0.248 e. The van der Waals surface area contributed by atoms with Gasteiger partial charge in [0.1, 0.15) is 0 Å². The Kier molecular flexibility index (Phi) is 5.17. The number of hydrogen-bond acceptors (Lipinski definition) is 4. The Hall–Kier alpha value is -2.04. The number of amides is 1. The molecule has 0 aliphatic carbocycles. The molecule has 0 aromatic carbocycles. The van der Waals surface area contributed by atoms with Gasteiger partial charge in [-0.3, -0.25) is 4.79 Å². The molecule has 1 unspecified atom stereocenters. The van der Waals surface area contributed by atoms with Crippen molar-refractivity contribution in [3.8, 4) is 5.88 Å². The van der Waals surface area contributed by atoms with E-state index in [2.05, 4.69) is 36.0 Å². The van der Waals surface area contributed by atoms with E-state index in [-0.39, 0.29) is 5.91 Å². The molecule has 0 spiro atoms. The van der Waals surface area contributed by atoms with Crippen LogP contribution in [0.2, 0.25) is 0 Å². The topological polar surface area (TPSA) is 63.2 Å². The van der Waals surface area contributed by atoms with Crippen molar-refractivity contribution in [2.45, 2.75) is 26.3 Å². The number of aromatic nitrogens is 1. The lowest BCUT2D eigenvalue weighted by Gasteiger charge is -2.16. The molecule has 0 aliphatic rings. The van der Waals surface area contributed by atoms with E-state index in [9.17, 15) is 4.79 Å². The van der Waals surface area contributed by atoms with Crippen molar-refractivity contribution in [3.63, 3.8) is 0 Å². The summed E-state index contributed by atoms with van der Waals surface area (Å²) in [5.74, 6) is 0.589. The molecule has 18 heavy (non-hydrogen) atoms. The predicted octanol–water partition coefficient (Wildman–Crippen LogP) is 2.43. The zero-order valence-corrected chi connectivity index (χ0v) is 11.0. The third-order valence-corrected chi connectivity index (χ3v) is 2.52. The van der Waals surface area contributed by atoms with E-state index in [1.165, 1.54) is 13.2 Å². The van der Waals surface area contributed by atoms with Crippen LogP contribution in [0.25, 0.3) is 0 Å². The third-order valence-electron chi connectivity index (χ3n) is 2.52. The van der Waals surface area contributed by atoms with Crippen molar-refractivity contribution in [2.24, 2.45) is 0 Å². The minimum Gasteiger partial charge on any atom is -0.481 e. The smallest absolute Gasteiger partial charge is 0.248 e. The summed E-state index contributed by atoms with van der Waals surface area (Å²) in [4.78, 5) is 15.6. The first-order valence-corrected chi connectivity index (χ1v) is 5.85. The summed E-state index contributed by atoms with van der Waals surface area (Å²) in [5.41, 5.74) is 0.764. The molecular weight excluding hydrogens is 230 g/mol. The van der Waals surface area contributed by atoms with Crippen LogP contribution in [0.1, 0.15) is 20.3 Å². The van der Waals surface area contributed by atoms with E-state index in [4.69, 9.17) is 4.74 Å². The van der Waals surface area contributed by atoms with Crippen LogP contribution in [0.5, 0.6) is 5.88 Å². The monoisotopic (exact) mass is 249 g/mol. The van der Waals surface area contributed by atoms with Gasteiger partial charge in [-0.2, -0.15) is 4.98 Å². The Morgan fingerprint density at radius 2 is 2.33 bits per heavy atom. The number of anilines is 2. The highest BCUT2D eigenvalue weighted by Crippen LogP contribution is 2.23. The first kappa shape index (κ1) is 14.0. The highest BCUT2D eigenvalue weighted by atomic mass is 16.5. The molecule has 5 heteroatoms. The highest BCUT2D eigenvalue weighted by Gasteiger charge is 2.10. The molecule has 0 aliphatic heterocycles. The van der Waals surface area contributed by atoms with E-state index in [0.29, 0.717) is 17.7 Å². The lowest BCUT2D eigenvalue weighted by Crippen LogP contribution is -2.17. The van der Waals surface area contributed by atoms with Crippen LogP contribution >= 0.6 is 0 Å². The molecule has 1 rings (SSSR count). The van der Waals surface area contributed by atoms with Gasteiger partial charge in [0, 0.05) is 12.1 Å². The first-order valence-electron chi connectivity index (χ1n) is 5.85. The summed E-state index contributed by atoms with van der Waals surface area (Å²) in [6.45, 7) is 7.55. The van der Waals surface area contributed by atoms with Crippen LogP contribution in [-0.2, 0) is 4.79 Å². The SMILES string of the molecule is C=CC(=O)Nc1nc(OC)ccc1NC(C)CC. The van der Waals surface area contributed by atoms with Gasteiger partial charge in [0.05, 0.1) is 12.8 Å². The Balaban J connectivity index is 2.99. The van der Waals surface area contributed by atoms with Crippen molar-refractivity contribution in [2.75, 3.05) is 17.7 Å². The molecule has 98 valence electrons. The second kappa shape index (κ2) is 6.64. The van der Waals surface area contributed by atoms with E-state index >= 15 is 0 Å². The number of carbonyl (C=O) groups excluding carboxylic acids is 1. The molecule has 0 fully saturated rings. The van der Waals surface area contributed by atoms with Crippen LogP contribution in [-0.4, -0.2) is 24.0 Å². The summed E-state index contributed by atoms with van der Waals surface area (Å²) >= 11 is 0. The van der Waals surface area contributed by atoms with E-state index in [0.717, 1.165) is 12.1 Å². The molecule has 0 radical (unpaired) electrons. The van der Waals surface area contributed by atoms with Crippen molar-refractivity contribution < 1.29 is 9.53 Å². The normalized spacial score (nSPS) is 11.5. The van der Waals surface area contributed by atoms with Crippen LogP contribution in [0, 0.1) is 0 Å². The van der Waals surface area contributed by atoms with Crippen LogP contribution in [0.4, 0.5) is 11.5 Å². The molecule has 1 atom stereocenters. The van der Waals surface area contributed by atoms with Crippen LogP contribution in [0.15, 0.2) is 24.8 Å². The van der Waals surface area contributed by atoms with E-state index in [1.54, 1.807) is 6.07 Å². The van der Waals surface area contributed by atoms with Crippen molar-refractivity contribution in [1.29, 1.82) is 0 Å². The number of ether oxygens (including phenoxy) is 1. The maximum atomic E-state index is 11.4. The number of pyridine rings is 1. The first-order chi connectivity index (χ1) is 8.60. The van der Waals surface area contributed by atoms with Crippen LogP contribution < -0.4 is 15.4 Å². The van der Waals surface area contributed by atoms with Gasteiger partial charge in [-0.05, 0) is 25.5 Å². The Morgan fingerprint density at radius 1 is 1.61 bits per heavy atom. The maximum absolute atomic E-state index is 11.4. The van der Waals surface area contributed by atoms with Crippen molar-refractivity contribution in [3.05, 3.63) is 24.8 Å². The average Bonchev–Trinajstić information content (AvgIpc) is 2.40. The zero-order chi connectivity index (χ0) is 13.5. The highest BCUT2D eigenvalue weighted by molar-refractivity contribution is 6.00. The van der Waals surface area contributed by atoms with Gasteiger partial charge in [-0.1, -0.05) is 13.5 Å². The molecule has 1 aromatic rings. The van der Waals surface area contributed by atoms with E-state index in [1.807, 2.05) is 6.07 Å². The fourth-order valence-corrected chi connectivity index (χ4v) is 1.30. The second-order valence-electron chi connectivity index (χ2n) is 3.90. The Bertz CT molecular complexity index is 432. The molecule has 0 saturated carbocycles. The quantitative estimate of drug-likeness (QED) is 0.760. The van der Waals surface area contributed by atoms with Gasteiger partial charge in [0.25, 0.3) is 0 Å². The lowest BCUT2D eigenvalue weighted by molar-refractivity contribution is -0.111. The van der Waals surface area contributed by atoms with Crippen LogP contribution in [0.3, 0.4) is 0 Å². The third kappa shape index (κ3) is 3.76. The fourth-order valence-electron chi connectivity index (χ4n) is 1.30. The summed E-state index contributed by atoms with van der Waals surface area (Å²) < 4.78 is 5.04. The predicted molar refractivity (Wildman–Crippen MR) is 73.0 cm³/mol. The summed E-state index contributed by atoms with van der Waals surface area (Å²) in [6.07, 6.45) is 2.18. The average molecular weight is 249 g/mol. The van der Waals surface area contributed by atoms with Gasteiger partial charge >= 0.3 is 0 Å². The molecule has 1 heterocycles. The number of rotatable bonds is 6. The number of methoxy groups -OCH3 is 1. The fraction of sp³-hybridized carbons (Fsp3) is 0.385. The molecule has 1 aromatic heterocycles. The van der Waals surface area contributed by atoms with Gasteiger partial charge in [-0.25, -0.2) is 0 Å². The van der Waals surface area contributed by atoms with E-state index < -0.39 is 0 Å². The minimum absolute atomic E-state index is 0.291. The van der Waals surface area contributed by atoms with Crippen molar-refractivity contribution >= 4 is 17.4 Å². The molecular formula is C13H19N3O2. The second-order valence-corrected chi connectivity index (χ2v) is 3.90. The molecule has 2 N–H and O–H groups in total. The van der Waals surface area contributed by atoms with Crippen molar-refractivity contribution in [1.82, 2.24) is 4.98 Å². The van der Waals surface area contributed by atoms with Gasteiger partial charge in [-0.15, -0.1) is 0 Å². The lowest BCUT2D eigenvalue weighted by atomic mass is 10.2. The van der Waals surface area contributed by atoms with Gasteiger partial charge in [0.2, 0.25) is 11.8 Å². The Morgan fingerprint density at radius 3 is 2.89 bits per heavy atom. The largest absolute Gasteiger partial charge is 0.481 e. The number of nitrogens with zero attached hydrogens (tertiary/aromatic N) is 1. The minimum atomic E-state index is -0.303. The molecule has 5 nitrogen and oxygen atoms in total. The zero-order valence-electron chi connectivity index (χ0n) is 11.0.